The first-order chi connectivity index (χ1) is 17.0. The predicted molar refractivity (Wildman–Crippen MR) is 128 cm³/mol. The van der Waals surface area contributed by atoms with Gasteiger partial charge in [-0.1, -0.05) is 12.1 Å². The molecule has 0 aliphatic carbocycles. The van der Waals surface area contributed by atoms with E-state index in [4.69, 9.17) is 9.47 Å². The summed E-state index contributed by atoms with van der Waals surface area (Å²) in [5.74, 6) is -0.317. The number of fused-ring (bicyclic) bond motifs is 1. The molecule has 1 aliphatic heterocycles. The number of aromatic amines is 1. The molecule has 0 saturated carbocycles. The summed E-state index contributed by atoms with van der Waals surface area (Å²) >= 11 is 0. The van der Waals surface area contributed by atoms with Crippen LogP contribution in [0.5, 0.6) is 11.5 Å². The first-order valence-electron chi connectivity index (χ1n) is 11.4. The number of rotatable bonds is 7. The number of carbonyl (C=O) groups is 1. The van der Waals surface area contributed by atoms with E-state index < -0.39 is 5.82 Å². The zero-order valence-corrected chi connectivity index (χ0v) is 19.1. The first kappa shape index (κ1) is 22.9. The molecule has 1 fully saturated rings. The van der Waals surface area contributed by atoms with Crippen molar-refractivity contribution in [3.63, 3.8) is 0 Å². The fourth-order valence-corrected chi connectivity index (χ4v) is 4.26. The maximum atomic E-state index is 13.9. The number of aryl methyl sites for hydroxylation is 1. The zero-order valence-electron chi connectivity index (χ0n) is 19.1. The molecular weight excluding hydrogens is 451 g/mol. The number of para-hydroxylation sites is 1. The molecule has 180 valence electrons. The van der Waals surface area contributed by atoms with Crippen LogP contribution in [0.25, 0.3) is 11.0 Å². The molecule has 4 aromatic rings. The molecule has 1 aliphatic rings. The summed E-state index contributed by atoms with van der Waals surface area (Å²) in [6.07, 6.45) is 6.19. The van der Waals surface area contributed by atoms with Gasteiger partial charge in [-0.15, -0.1) is 0 Å². The van der Waals surface area contributed by atoms with Gasteiger partial charge in [0.15, 0.2) is 11.6 Å². The Bertz CT molecular complexity index is 1360. The molecule has 0 bridgehead atoms. The van der Waals surface area contributed by atoms with Crippen molar-refractivity contribution in [1.29, 1.82) is 0 Å². The normalized spacial score (nSPS) is 17.9. The number of benzene rings is 1. The molecule has 4 heterocycles. The van der Waals surface area contributed by atoms with Gasteiger partial charge in [-0.3, -0.25) is 4.79 Å². The molecule has 1 saturated heterocycles. The molecule has 3 aromatic heterocycles. The highest BCUT2D eigenvalue weighted by Crippen LogP contribution is 2.30. The van der Waals surface area contributed by atoms with E-state index in [1.54, 1.807) is 37.5 Å². The van der Waals surface area contributed by atoms with Crippen molar-refractivity contribution in [3.05, 3.63) is 77.6 Å². The van der Waals surface area contributed by atoms with Crippen LogP contribution in [-0.2, 0) is 4.74 Å². The Morgan fingerprint density at radius 1 is 1.29 bits per heavy atom. The number of aliphatic hydroxyl groups excluding tert-OH is 1. The number of anilines is 1. The summed E-state index contributed by atoms with van der Waals surface area (Å²) in [5.41, 5.74) is 2.67. The maximum Gasteiger partial charge on any atom is 0.213 e. The lowest BCUT2D eigenvalue weighted by atomic mass is 10.0. The van der Waals surface area contributed by atoms with Gasteiger partial charge in [-0.05, 0) is 49.6 Å². The van der Waals surface area contributed by atoms with Crippen LogP contribution >= 0.6 is 0 Å². The number of aromatic nitrogens is 3. The minimum Gasteiger partial charge on any atom is -0.453 e. The van der Waals surface area contributed by atoms with Crippen LogP contribution in [0.3, 0.4) is 0 Å². The van der Waals surface area contributed by atoms with Crippen molar-refractivity contribution in [2.45, 2.75) is 31.9 Å². The minimum atomic E-state index is -0.480. The Morgan fingerprint density at radius 3 is 2.89 bits per heavy atom. The number of H-pyrrole nitrogens is 1. The quantitative estimate of drug-likeness (QED) is 0.340. The molecule has 0 radical (unpaired) electrons. The van der Waals surface area contributed by atoms with E-state index in [0.29, 0.717) is 34.5 Å². The van der Waals surface area contributed by atoms with Crippen LogP contribution in [0, 0.1) is 12.7 Å². The molecular formula is C26H25FN4O4. The number of hydrogen-bond donors (Lipinski definition) is 3. The second kappa shape index (κ2) is 9.81. The second-order valence-electron chi connectivity index (χ2n) is 8.54. The highest BCUT2D eigenvalue weighted by molar-refractivity contribution is 6.18. The molecule has 2 atom stereocenters. The highest BCUT2D eigenvalue weighted by atomic mass is 19.1. The number of pyridine rings is 2. The SMILES string of the molecule is Cc1cc(Oc2ccccc2F)cnc1C(=O)c1c[nH]c2nccc(N[C@@H]3CC[C@@H](CO)OC3)c12. The number of hydrogen-bond acceptors (Lipinski definition) is 7. The van der Waals surface area contributed by atoms with Gasteiger partial charge in [-0.2, -0.15) is 0 Å². The predicted octanol–water partition coefficient (Wildman–Crippen LogP) is 4.38. The van der Waals surface area contributed by atoms with E-state index in [9.17, 15) is 14.3 Å². The zero-order chi connectivity index (χ0) is 24.4. The van der Waals surface area contributed by atoms with E-state index in [0.717, 1.165) is 18.5 Å². The number of aliphatic hydroxyl groups is 1. The van der Waals surface area contributed by atoms with Gasteiger partial charge >= 0.3 is 0 Å². The van der Waals surface area contributed by atoms with Gasteiger partial charge in [0.2, 0.25) is 5.78 Å². The van der Waals surface area contributed by atoms with Gasteiger partial charge in [0, 0.05) is 24.1 Å². The van der Waals surface area contributed by atoms with Gasteiger partial charge in [0.25, 0.3) is 0 Å². The molecule has 3 N–H and O–H groups in total. The van der Waals surface area contributed by atoms with Crippen LogP contribution in [0.2, 0.25) is 0 Å². The number of halogens is 1. The molecule has 35 heavy (non-hydrogen) atoms. The van der Waals surface area contributed by atoms with E-state index in [1.807, 2.05) is 6.07 Å². The van der Waals surface area contributed by atoms with Crippen molar-refractivity contribution in [3.8, 4) is 11.5 Å². The summed E-state index contributed by atoms with van der Waals surface area (Å²) < 4.78 is 25.2. The van der Waals surface area contributed by atoms with Gasteiger partial charge in [0.1, 0.15) is 17.1 Å². The topological polar surface area (TPSA) is 109 Å². The standard InChI is InChI=1S/C26H25FN4O4/c1-15-10-18(35-22-5-3-2-4-20(22)27)11-29-24(15)25(33)19-12-30-26-23(19)21(8-9-28-26)31-16-6-7-17(13-32)34-14-16/h2-5,8-12,16-17,32H,6-7,13-14H2,1H3,(H2,28,30,31)/t16-,17+/m1/s1. The monoisotopic (exact) mass is 476 g/mol. The van der Waals surface area contributed by atoms with Gasteiger partial charge < -0.3 is 24.9 Å². The van der Waals surface area contributed by atoms with Crippen LogP contribution in [0.1, 0.15) is 34.5 Å². The number of nitrogens with one attached hydrogen (secondary N) is 2. The van der Waals surface area contributed by atoms with E-state index >= 15 is 0 Å². The van der Waals surface area contributed by atoms with E-state index in [1.165, 1.54) is 18.3 Å². The highest BCUT2D eigenvalue weighted by Gasteiger charge is 2.24. The molecule has 9 heteroatoms. The summed E-state index contributed by atoms with van der Waals surface area (Å²) in [5, 5.41) is 13.4. The largest absolute Gasteiger partial charge is 0.453 e. The van der Waals surface area contributed by atoms with Crippen molar-refractivity contribution < 1.29 is 23.8 Å². The molecule has 0 unspecified atom stereocenters. The lowest BCUT2D eigenvalue weighted by Gasteiger charge is -2.29. The Balaban J connectivity index is 1.40. The lowest BCUT2D eigenvalue weighted by Crippen LogP contribution is -2.36. The smallest absolute Gasteiger partial charge is 0.213 e. The average molecular weight is 477 g/mol. The van der Waals surface area contributed by atoms with E-state index in [-0.39, 0.29) is 36.0 Å². The minimum absolute atomic E-state index is 0.0130. The Labute approximate surface area is 201 Å². The average Bonchev–Trinajstić information content (AvgIpc) is 3.31. The van der Waals surface area contributed by atoms with Crippen molar-refractivity contribution >= 4 is 22.5 Å². The number of carbonyl (C=O) groups excluding carboxylic acids is 1. The third-order valence-corrected chi connectivity index (χ3v) is 6.08. The number of nitrogens with zero attached hydrogens (tertiary/aromatic N) is 2. The van der Waals surface area contributed by atoms with Crippen molar-refractivity contribution in [1.82, 2.24) is 15.0 Å². The Kier molecular flexibility index (Phi) is 6.43. The fraction of sp³-hybridized carbons (Fsp3) is 0.269. The maximum absolute atomic E-state index is 13.9. The summed E-state index contributed by atoms with van der Waals surface area (Å²) in [6, 6.07) is 9.65. The number of ketones is 1. The summed E-state index contributed by atoms with van der Waals surface area (Å²) in [4.78, 5) is 25.3. The molecule has 1 aromatic carbocycles. The number of ether oxygens (including phenoxy) is 2. The summed E-state index contributed by atoms with van der Waals surface area (Å²) in [7, 11) is 0. The Morgan fingerprint density at radius 2 is 2.14 bits per heavy atom. The molecule has 8 nitrogen and oxygen atoms in total. The van der Waals surface area contributed by atoms with Crippen LogP contribution < -0.4 is 10.1 Å². The van der Waals surface area contributed by atoms with Gasteiger partial charge in [0.05, 0.1) is 36.5 Å². The Hall–Kier alpha value is -3.82. The van der Waals surface area contributed by atoms with E-state index in [2.05, 4.69) is 20.3 Å². The molecule has 0 spiro atoms. The lowest BCUT2D eigenvalue weighted by molar-refractivity contribution is -0.0223. The van der Waals surface area contributed by atoms with Gasteiger partial charge in [-0.25, -0.2) is 14.4 Å². The first-order valence-corrected chi connectivity index (χ1v) is 11.4. The van der Waals surface area contributed by atoms with Crippen LogP contribution in [0.4, 0.5) is 10.1 Å². The van der Waals surface area contributed by atoms with Crippen molar-refractivity contribution in [2.24, 2.45) is 0 Å². The molecule has 0 amide bonds. The molecule has 5 rings (SSSR count). The van der Waals surface area contributed by atoms with Crippen LogP contribution in [0.15, 0.2) is 55.0 Å². The van der Waals surface area contributed by atoms with Crippen molar-refractivity contribution in [2.75, 3.05) is 18.5 Å². The second-order valence-corrected chi connectivity index (χ2v) is 8.54. The van der Waals surface area contributed by atoms with Crippen LogP contribution in [-0.4, -0.2) is 51.2 Å². The third kappa shape index (κ3) is 4.73. The summed E-state index contributed by atoms with van der Waals surface area (Å²) in [6.45, 7) is 2.24. The third-order valence-electron chi connectivity index (χ3n) is 6.08. The fourth-order valence-electron chi connectivity index (χ4n) is 4.26.